The highest BCUT2D eigenvalue weighted by Crippen LogP contribution is 2.00. The molecule has 16 heavy (non-hydrogen) atoms. The maximum atomic E-state index is 11.1. The van der Waals surface area contributed by atoms with Crippen molar-refractivity contribution in [3.63, 3.8) is 0 Å². The molecule has 86 valence electrons. The van der Waals surface area contributed by atoms with Gasteiger partial charge in [0.25, 0.3) is 0 Å². The fourth-order valence-electron chi connectivity index (χ4n) is 1.11. The Bertz CT molecular complexity index is 363. The van der Waals surface area contributed by atoms with Gasteiger partial charge in [-0.25, -0.2) is 4.79 Å². The number of carbonyl (C=O) groups excluding carboxylic acids is 1. The van der Waals surface area contributed by atoms with Crippen LogP contribution < -0.4 is 5.84 Å². The molecule has 0 unspecified atom stereocenters. The number of hydrogen-bond donors (Lipinski definition) is 1. The first-order chi connectivity index (χ1) is 7.77. The second-order valence-corrected chi connectivity index (χ2v) is 3.05. The SMILES string of the molecule is COC(=O)C(COCc1ccccc1)=NN. The van der Waals surface area contributed by atoms with Crippen LogP contribution in [0, 0.1) is 0 Å². The number of carbonyl (C=O) groups is 1. The molecule has 0 aliphatic carbocycles. The van der Waals surface area contributed by atoms with Crippen LogP contribution >= 0.6 is 0 Å². The number of hydrazone groups is 1. The Kier molecular flexibility index (Phi) is 5.01. The minimum atomic E-state index is -0.574. The fraction of sp³-hybridized carbons (Fsp3) is 0.273. The molecule has 0 spiro atoms. The summed E-state index contributed by atoms with van der Waals surface area (Å²) in [5.74, 6) is 4.46. The topological polar surface area (TPSA) is 73.9 Å². The Morgan fingerprint density at radius 1 is 1.38 bits per heavy atom. The minimum Gasteiger partial charge on any atom is -0.464 e. The molecule has 1 aromatic carbocycles. The van der Waals surface area contributed by atoms with Crippen molar-refractivity contribution in [1.82, 2.24) is 0 Å². The van der Waals surface area contributed by atoms with Crippen molar-refractivity contribution in [3.8, 4) is 0 Å². The van der Waals surface area contributed by atoms with Crippen LogP contribution in [0.3, 0.4) is 0 Å². The van der Waals surface area contributed by atoms with Crippen molar-refractivity contribution in [3.05, 3.63) is 35.9 Å². The molecule has 0 amide bonds. The number of esters is 1. The Labute approximate surface area is 93.9 Å². The molecule has 2 N–H and O–H groups in total. The van der Waals surface area contributed by atoms with Crippen molar-refractivity contribution in [2.24, 2.45) is 10.9 Å². The van der Waals surface area contributed by atoms with Crippen molar-refractivity contribution >= 4 is 11.7 Å². The zero-order chi connectivity index (χ0) is 11.8. The maximum absolute atomic E-state index is 11.1. The largest absolute Gasteiger partial charge is 0.464 e. The summed E-state index contributed by atoms with van der Waals surface area (Å²) < 4.78 is 9.76. The summed E-state index contributed by atoms with van der Waals surface area (Å²) in [7, 11) is 1.27. The lowest BCUT2D eigenvalue weighted by molar-refractivity contribution is -0.133. The molecule has 0 fully saturated rings. The zero-order valence-electron chi connectivity index (χ0n) is 9.05. The molecule has 5 nitrogen and oxygen atoms in total. The first-order valence-corrected chi connectivity index (χ1v) is 4.74. The van der Waals surface area contributed by atoms with E-state index in [1.54, 1.807) is 0 Å². The second kappa shape index (κ2) is 6.58. The smallest absolute Gasteiger partial charge is 0.356 e. The predicted molar refractivity (Wildman–Crippen MR) is 59.7 cm³/mol. The average molecular weight is 222 g/mol. The van der Waals surface area contributed by atoms with E-state index in [2.05, 4.69) is 9.84 Å². The average Bonchev–Trinajstić information content (AvgIpc) is 2.35. The summed E-state index contributed by atoms with van der Waals surface area (Å²) in [4.78, 5) is 11.1. The van der Waals surface area contributed by atoms with Gasteiger partial charge in [-0.05, 0) is 5.56 Å². The quantitative estimate of drug-likeness (QED) is 0.344. The third kappa shape index (κ3) is 3.70. The monoisotopic (exact) mass is 222 g/mol. The lowest BCUT2D eigenvalue weighted by atomic mass is 10.2. The molecular formula is C11H14N2O3. The normalized spacial score (nSPS) is 11.2. The predicted octanol–water partition coefficient (Wildman–Crippen LogP) is 0.691. The number of hydrogen-bond acceptors (Lipinski definition) is 5. The van der Waals surface area contributed by atoms with Gasteiger partial charge >= 0.3 is 5.97 Å². The highest BCUT2D eigenvalue weighted by Gasteiger charge is 2.11. The molecule has 0 radical (unpaired) electrons. The molecule has 0 heterocycles. The molecule has 0 saturated heterocycles. The Morgan fingerprint density at radius 2 is 2.06 bits per heavy atom. The van der Waals surface area contributed by atoms with Gasteiger partial charge in [-0.15, -0.1) is 0 Å². The van der Waals surface area contributed by atoms with E-state index in [9.17, 15) is 4.79 Å². The van der Waals surface area contributed by atoms with Crippen LogP contribution in [0.5, 0.6) is 0 Å². The Morgan fingerprint density at radius 3 is 2.62 bits per heavy atom. The minimum absolute atomic E-state index is 0.0397. The number of benzene rings is 1. The van der Waals surface area contributed by atoms with Gasteiger partial charge in [-0.3, -0.25) is 0 Å². The maximum Gasteiger partial charge on any atom is 0.356 e. The highest BCUT2D eigenvalue weighted by molar-refractivity contribution is 6.36. The summed E-state index contributed by atoms with van der Waals surface area (Å²) in [5, 5.41) is 3.31. The van der Waals surface area contributed by atoms with E-state index in [0.717, 1.165) is 5.56 Å². The summed E-state index contributed by atoms with van der Waals surface area (Å²) in [6, 6.07) is 9.60. The molecule has 0 bridgehead atoms. The summed E-state index contributed by atoms with van der Waals surface area (Å²) >= 11 is 0. The standard InChI is InChI=1S/C11H14N2O3/c1-15-11(14)10(13-12)8-16-7-9-5-3-2-4-6-9/h2-6H,7-8,12H2,1H3. The van der Waals surface area contributed by atoms with E-state index < -0.39 is 5.97 Å². The van der Waals surface area contributed by atoms with Crippen LogP contribution in [0.4, 0.5) is 0 Å². The molecule has 0 aliphatic heterocycles. The van der Waals surface area contributed by atoms with Gasteiger partial charge in [0.05, 0.1) is 20.3 Å². The molecule has 5 heteroatoms. The summed E-state index contributed by atoms with van der Waals surface area (Å²) in [6.07, 6.45) is 0. The number of rotatable bonds is 5. The van der Waals surface area contributed by atoms with Crippen LogP contribution in [0.25, 0.3) is 0 Å². The highest BCUT2D eigenvalue weighted by atomic mass is 16.5. The van der Waals surface area contributed by atoms with Crippen molar-refractivity contribution in [2.75, 3.05) is 13.7 Å². The van der Waals surface area contributed by atoms with Crippen molar-refractivity contribution in [1.29, 1.82) is 0 Å². The van der Waals surface area contributed by atoms with Gasteiger partial charge in [0.15, 0.2) is 5.71 Å². The van der Waals surface area contributed by atoms with E-state index in [0.29, 0.717) is 6.61 Å². The van der Waals surface area contributed by atoms with Gasteiger partial charge in [0.2, 0.25) is 0 Å². The molecule has 0 saturated carbocycles. The van der Waals surface area contributed by atoms with E-state index in [4.69, 9.17) is 10.6 Å². The van der Waals surface area contributed by atoms with Crippen LogP contribution in [0.1, 0.15) is 5.56 Å². The van der Waals surface area contributed by atoms with Crippen LogP contribution in [0.2, 0.25) is 0 Å². The van der Waals surface area contributed by atoms with Crippen molar-refractivity contribution in [2.45, 2.75) is 6.61 Å². The van der Waals surface area contributed by atoms with E-state index in [1.165, 1.54) is 7.11 Å². The zero-order valence-corrected chi connectivity index (χ0v) is 9.05. The lowest BCUT2D eigenvalue weighted by Gasteiger charge is -2.05. The van der Waals surface area contributed by atoms with Crippen LogP contribution in [0.15, 0.2) is 35.4 Å². The number of nitrogens with two attached hydrogens (primary N) is 1. The van der Waals surface area contributed by atoms with E-state index in [-0.39, 0.29) is 12.3 Å². The van der Waals surface area contributed by atoms with Gasteiger partial charge < -0.3 is 15.3 Å². The van der Waals surface area contributed by atoms with Gasteiger partial charge in [-0.2, -0.15) is 5.10 Å². The van der Waals surface area contributed by atoms with Crippen LogP contribution in [-0.2, 0) is 20.9 Å². The van der Waals surface area contributed by atoms with Gasteiger partial charge in [0.1, 0.15) is 0 Å². The fourth-order valence-corrected chi connectivity index (χ4v) is 1.11. The lowest BCUT2D eigenvalue weighted by Crippen LogP contribution is -2.23. The number of ether oxygens (including phenoxy) is 2. The third-order valence-electron chi connectivity index (χ3n) is 1.93. The van der Waals surface area contributed by atoms with Gasteiger partial charge in [-0.1, -0.05) is 30.3 Å². The Hall–Kier alpha value is -1.88. The second-order valence-electron chi connectivity index (χ2n) is 3.05. The molecular weight excluding hydrogens is 208 g/mol. The third-order valence-corrected chi connectivity index (χ3v) is 1.93. The first-order valence-electron chi connectivity index (χ1n) is 4.74. The number of methoxy groups -OCH3 is 1. The molecule has 0 aliphatic rings. The summed E-state index contributed by atoms with van der Waals surface area (Å²) in [5.41, 5.74) is 1.09. The van der Waals surface area contributed by atoms with E-state index >= 15 is 0 Å². The van der Waals surface area contributed by atoms with E-state index in [1.807, 2.05) is 30.3 Å². The molecule has 0 atom stereocenters. The first kappa shape index (κ1) is 12.2. The van der Waals surface area contributed by atoms with Gasteiger partial charge in [0, 0.05) is 0 Å². The molecule has 0 aromatic heterocycles. The van der Waals surface area contributed by atoms with Crippen LogP contribution in [-0.4, -0.2) is 25.4 Å². The Balaban J connectivity index is 2.38. The molecule has 1 aromatic rings. The summed E-state index contributed by atoms with van der Waals surface area (Å²) in [6.45, 7) is 0.439. The molecule has 1 rings (SSSR count). The number of nitrogens with zero attached hydrogens (tertiary/aromatic N) is 1. The van der Waals surface area contributed by atoms with Crippen molar-refractivity contribution < 1.29 is 14.3 Å².